The van der Waals surface area contributed by atoms with Crippen LogP contribution in [-0.4, -0.2) is 35.5 Å². The molecular weight excluding hydrogens is 256 g/mol. The van der Waals surface area contributed by atoms with E-state index in [1.807, 2.05) is 16.7 Å². The normalized spacial score (nSPS) is 22.7. The van der Waals surface area contributed by atoms with Gasteiger partial charge in [0.05, 0.1) is 6.04 Å². The average Bonchev–Trinajstić information content (AvgIpc) is 2.66. The van der Waals surface area contributed by atoms with E-state index in [9.17, 15) is 4.79 Å². The molecule has 3 nitrogen and oxygen atoms in total. The molecule has 0 saturated carbocycles. The molecule has 0 radical (unpaired) electrons. The maximum atomic E-state index is 12.3. The van der Waals surface area contributed by atoms with Crippen molar-refractivity contribution in [3.05, 3.63) is 35.4 Å². The van der Waals surface area contributed by atoms with Crippen LogP contribution in [0.4, 0.5) is 4.79 Å². The van der Waals surface area contributed by atoms with Crippen molar-refractivity contribution in [1.29, 1.82) is 0 Å². The first-order valence-electron chi connectivity index (χ1n) is 7.05. The molecule has 0 bridgehead atoms. The molecule has 2 amide bonds. The lowest BCUT2D eigenvalue weighted by Crippen LogP contribution is -2.42. The Hall–Kier alpha value is -1.16. The summed E-state index contributed by atoms with van der Waals surface area (Å²) in [7, 11) is 0. The third kappa shape index (κ3) is 2.89. The summed E-state index contributed by atoms with van der Waals surface area (Å²) in [5.41, 5.74) is 2.69. The van der Waals surface area contributed by atoms with Gasteiger partial charge in [-0.05, 0) is 36.1 Å². The Bertz CT molecular complexity index is 455. The summed E-state index contributed by atoms with van der Waals surface area (Å²) in [4.78, 5) is 14.3. The van der Waals surface area contributed by atoms with Crippen LogP contribution in [-0.2, 0) is 6.42 Å². The molecule has 1 N–H and O–H groups in total. The number of fused-ring (bicyclic) bond motifs is 1. The smallest absolute Gasteiger partial charge is 0.317 e. The minimum Gasteiger partial charge on any atom is -0.331 e. The summed E-state index contributed by atoms with van der Waals surface area (Å²) in [5, 5.41) is 3.21. The van der Waals surface area contributed by atoms with E-state index in [-0.39, 0.29) is 12.1 Å². The highest BCUT2D eigenvalue weighted by Gasteiger charge is 2.25. The first-order chi connectivity index (χ1) is 9.34. The topological polar surface area (TPSA) is 32.3 Å². The van der Waals surface area contributed by atoms with Gasteiger partial charge < -0.3 is 10.2 Å². The van der Waals surface area contributed by atoms with E-state index in [1.54, 1.807) is 0 Å². The van der Waals surface area contributed by atoms with E-state index in [4.69, 9.17) is 0 Å². The lowest BCUT2D eigenvalue weighted by atomic mass is 10.1. The van der Waals surface area contributed by atoms with Gasteiger partial charge in [0.2, 0.25) is 0 Å². The highest BCUT2D eigenvalue weighted by atomic mass is 32.2. The van der Waals surface area contributed by atoms with E-state index in [0.29, 0.717) is 0 Å². The Morgan fingerprint density at radius 1 is 1.26 bits per heavy atom. The van der Waals surface area contributed by atoms with Crippen molar-refractivity contribution in [2.24, 2.45) is 0 Å². The van der Waals surface area contributed by atoms with Gasteiger partial charge in [0.25, 0.3) is 0 Å². The first kappa shape index (κ1) is 12.9. The lowest BCUT2D eigenvalue weighted by Gasteiger charge is -2.23. The van der Waals surface area contributed by atoms with Crippen molar-refractivity contribution in [2.45, 2.75) is 25.3 Å². The summed E-state index contributed by atoms with van der Waals surface area (Å²) in [6.07, 6.45) is 3.23. The van der Waals surface area contributed by atoms with E-state index >= 15 is 0 Å². The largest absolute Gasteiger partial charge is 0.331 e. The van der Waals surface area contributed by atoms with Crippen LogP contribution in [0, 0.1) is 0 Å². The predicted octanol–water partition coefficient (Wildman–Crippen LogP) is 2.82. The molecule has 1 aromatic rings. The number of urea groups is 1. The summed E-state index contributed by atoms with van der Waals surface area (Å²) in [6.45, 7) is 1.78. The van der Waals surface area contributed by atoms with Crippen molar-refractivity contribution in [3.8, 4) is 0 Å². The molecule has 1 heterocycles. The van der Waals surface area contributed by atoms with Gasteiger partial charge in [-0.15, -0.1) is 0 Å². The minimum absolute atomic E-state index is 0.115. The number of hydrogen-bond acceptors (Lipinski definition) is 2. The van der Waals surface area contributed by atoms with Crippen LogP contribution in [0.25, 0.3) is 0 Å². The fraction of sp³-hybridized carbons (Fsp3) is 0.533. The number of aryl methyl sites for hydroxylation is 1. The number of carbonyl (C=O) groups is 1. The molecule has 1 atom stereocenters. The van der Waals surface area contributed by atoms with Gasteiger partial charge in [-0.2, -0.15) is 11.8 Å². The molecule has 1 aliphatic heterocycles. The highest BCUT2D eigenvalue weighted by Crippen LogP contribution is 2.30. The standard InChI is InChI=1S/C15H20N2OS/c18-15(17-8-3-10-19-11-9-17)16-14-7-6-12-4-1-2-5-13(12)14/h1-2,4-5,14H,3,6-11H2,(H,16,18). The number of rotatable bonds is 1. The van der Waals surface area contributed by atoms with Crippen LogP contribution in [0.2, 0.25) is 0 Å². The highest BCUT2D eigenvalue weighted by molar-refractivity contribution is 7.99. The molecule has 1 fully saturated rings. The monoisotopic (exact) mass is 276 g/mol. The van der Waals surface area contributed by atoms with Crippen LogP contribution >= 0.6 is 11.8 Å². The van der Waals surface area contributed by atoms with Crippen molar-refractivity contribution >= 4 is 17.8 Å². The van der Waals surface area contributed by atoms with Gasteiger partial charge in [-0.3, -0.25) is 0 Å². The molecule has 0 aromatic heterocycles. The second kappa shape index (κ2) is 5.87. The Labute approximate surface area is 118 Å². The zero-order valence-electron chi connectivity index (χ0n) is 11.1. The molecule has 1 aliphatic carbocycles. The third-order valence-corrected chi connectivity index (χ3v) is 4.99. The Morgan fingerprint density at radius 2 is 2.16 bits per heavy atom. The maximum Gasteiger partial charge on any atom is 0.317 e. The zero-order chi connectivity index (χ0) is 13.1. The number of benzene rings is 1. The number of carbonyl (C=O) groups excluding carboxylic acids is 1. The molecule has 2 aliphatic rings. The third-order valence-electron chi connectivity index (χ3n) is 3.94. The fourth-order valence-corrected chi connectivity index (χ4v) is 3.78. The number of nitrogens with one attached hydrogen (secondary N) is 1. The quantitative estimate of drug-likeness (QED) is 0.855. The second-order valence-electron chi connectivity index (χ2n) is 5.19. The molecule has 1 saturated heterocycles. The molecule has 102 valence electrons. The van der Waals surface area contributed by atoms with Gasteiger partial charge in [0.1, 0.15) is 0 Å². The first-order valence-corrected chi connectivity index (χ1v) is 8.21. The SMILES string of the molecule is O=C(NC1CCc2ccccc21)N1CCCSCC1. The Morgan fingerprint density at radius 3 is 3.11 bits per heavy atom. The van der Waals surface area contributed by atoms with Gasteiger partial charge >= 0.3 is 6.03 Å². The van der Waals surface area contributed by atoms with Gasteiger partial charge in [0, 0.05) is 18.8 Å². The summed E-state index contributed by atoms with van der Waals surface area (Å²) >= 11 is 1.95. The number of thioether (sulfide) groups is 1. The number of amides is 2. The summed E-state index contributed by atoms with van der Waals surface area (Å²) in [6, 6.07) is 8.78. The van der Waals surface area contributed by atoms with Gasteiger partial charge in [-0.25, -0.2) is 4.79 Å². The van der Waals surface area contributed by atoms with E-state index in [0.717, 1.165) is 38.1 Å². The average molecular weight is 276 g/mol. The van der Waals surface area contributed by atoms with E-state index in [2.05, 4.69) is 29.6 Å². The summed E-state index contributed by atoms with van der Waals surface area (Å²) in [5.74, 6) is 2.24. The van der Waals surface area contributed by atoms with Crippen LogP contribution in [0.1, 0.15) is 30.0 Å². The molecular formula is C15H20N2OS. The molecule has 0 spiro atoms. The number of nitrogens with zero attached hydrogens (tertiary/aromatic N) is 1. The van der Waals surface area contributed by atoms with Crippen molar-refractivity contribution in [1.82, 2.24) is 10.2 Å². The van der Waals surface area contributed by atoms with E-state index in [1.165, 1.54) is 16.9 Å². The minimum atomic E-state index is 0.115. The Balaban J connectivity index is 1.64. The van der Waals surface area contributed by atoms with Crippen LogP contribution in [0.3, 0.4) is 0 Å². The van der Waals surface area contributed by atoms with Crippen LogP contribution in [0.5, 0.6) is 0 Å². The van der Waals surface area contributed by atoms with Gasteiger partial charge in [0.15, 0.2) is 0 Å². The second-order valence-corrected chi connectivity index (χ2v) is 6.42. The van der Waals surface area contributed by atoms with Crippen LogP contribution in [0.15, 0.2) is 24.3 Å². The van der Waals surface area contributed by atoms with Crippen LogP contribution < -0.4 is 5.32 Å². The molecule has 1 unspecified atom stereocenters. The fourth-order valence-electron chi connectivity index (χ4n) is 2.90. The molecule has 19 heavy (non-hydrogen) atoms. The van der Waals surface area contributed by atoms with Gasteiger partial charge in [-0.1, -0.05) is 24.3 Å². The van der Waals surface area contributed by atoms with Crippen molar-refractivity contribution < 1.29 is 4.79 Å². The Kier molecular flexibility index (Phi) is 3.97. The lowest BCUT2D eigenvalue weighted by molar-refractivity contribution is 0.197. The predicted molar refractivity (Wildman–Crippen MR) is 79.6 cm³/mol. The molecule has 1 aromatic carbocycles. The maximum absolute atomic E-state index is 12.3. The summed E-state index contributed by atoms with van der Waals surface area (Å²) < 4.78 is 0. The number of hydrogen-bond donors (Lipinski definition) is 1. The van der Waals surface area contributed by atoms with E-state index < -0.39 is 0 Å². The van der Waals surface area contributed by atoms with Crippen molar-refractivity contribution in [3.63, 3.8) is 0 Å². The van der Waals surface area contributed by atoms with Crippen molar-refractivity contribution in [2.75, 3.05) is 24.6 Å². The zero-order valence-corrected chi connectivity index (χ0v) is 11.9. The molecule has 3 rings (SSSR count). The molecule has 4 heteroatoms.